The molecule has 0 fully saturated rings. The number of aromatic nitrogens is 12. The maximum absolute atomic E-state index is 11.9. The fourth-order valence-electron chi connectivity index (χ4n) is 7.12. The number of oxazole rings is 3. The van der Waals surface area contributed by atoms with Crippen LogP contribution in [0.1, 0.15) is 17.1 Å². The fourth-order valence-corrected chi connectivity index (χ4v) is 7.12. The van der Waals surface area contributed by atoms with Crippen LogP contribution in [0.3, 0.4) is 0 Å². The summed E-state index contributed by atoms with van der Waals surface area (Å²) in [5.41, 5.74) is 6.59. The van der Waals surface area contributed by atoms with Gasteiger partial charge in [0.05, 0.1) is 62.9 Å². The first kappa shape index (κ1) is 50.5. The van der Waals surface area contributed by atoms with E-state index in [1.807, 2.05) is 30.3 Å². The molecule has 390 valence electrons. The Morgan fingerprint density at radius 3 is 1.28 bits per heavy atom. The smallest absolute Gasteiger partial charge is 0.247 e. The highest BCUT2D eigenvalue weighted by Gasteiger charge is 2.16. The zero-order valence-corrected chi connectivity index (χ0v) is 41.5. The molecule has 0 radical (unpaired) electrons. The van der Waals surface area contributed by atoms with E-state index in [1.54, 1.807) is 105 Å². The van der Waals surface area contributed by atoms with Crippen LogP contribution in [0.2, 0.25) is 0 Å². The van der Waals surface area contributed by atoms with Gasteiger partial charge in [0.25, 0.3) is 0 Å². The van der Waals surface area contributed by atoms with Crippen LogP contribution in [0.15, 0.2) is 179 Å². The molecule has 12 aromatic rings. The molecule has 0 amide bonds. The highest BCUT2D eigenvalue weighted by atomic mass is 16.5. The summed E-state index contributed by atoms with van der Waals surface area (Å²) in [5.74, 6) is 4.37. The number of rotatable bonds is 15. The van der Waals surface area contributed by atoms with Gasteiger partial charge in [0.1, 0.15) is 51.7 Å². The Bertz CT molecular complexity index is 3960. The van der Waals surface area contributed by atoms with Gasteiger partial charge >= 0.3 is 0 Å². The molecule has 0 aromatic carbocycles. The molecule has 0 aliphatic carbocycles. The van der Waals surface area contributed by atoms with Crippen LogP contribution in [0.25, 0.3) is 68.1 Å². The van der Waals surface area contributed by atoms with Crippen molar-refractivity contribution in [1.29, 1.82) is 0 Å². The van der Waals surface area contributed by atoms with Crippen molar-refractivity contribution in [2.75, 3.05) is 21.3 Å². The van der Waals surface area contributed by atoms with E-state index in [-0.39, 0.29) is 19.1 Å². The molecule has 0 spiro atoms. The molecule has 24 heteroatoms. The molecular formula is C54H42N12O12. The van der Waals surface area contributed by atoms with Crippen LogP contribution >= 0.6 is 0 Å². The second kappa shape index (κ2) is 23.4. The van der Waals surface area contributed by atoms with Crippen molar-refractivity contribution in [3.63, 3.8) is 0 Å². The lowest BCUT2D eigenvalue weighted by atomic mass is 10.3. The first-order chi connectivity index (χ1) is 38.2. The Kier molecular flexibility index (Phi) is 15.2. The molecule has 0 atom stereocenters. The quantitative estimate of drug-likeness (QED) is 0.0708. The summed E-state index contributed by atoms with van der Waals surface area (Å²) in [6.45, 7) is 0.471. The Morgan fingerprint density at radius 2 is 0.872 bits per heavy atom. The van der Waals surface area contributed by atoms with E-state index in [4.69, 9.17) is 41.7 Å². The molecule has 0 saturated carbocycles. The predicted octanol–water partition coefficient (Wildman–Crippen LogP) is 7.52. The first-order valence-electron chi connectivity index (χ1n) is 23.4. The molecule has 12 rings (SSSR count). The number of ether oxygens (including phenoxy) is 6. The van der Waals surface area contributed by atoms with Crippen molar-refractivity contribution in [3.8, 4) is 68.9 Å². The standard InChI is InChI=1S/C18H14N4O5.C18H14N4O4.C18H14N4O3/c1-25-14-5-4-13(22(24)10-14)11-26-15-7-16-18(19-8-15)27-17(20-16)12-3-2-6-21(23)9-12;1-24-14-5-4-13(22(23)10-14)11-25-15-7-16-18(20-9-15)26-17(21-16)12-3-2-6-19-8-12;1-23-14-5-4-13(20-9-14)11-24-15-7-16-18(21-10-15)25-17(22-16)12-3-2-6-19-8-12/h2-10H,11H2,1H3;2-10H,11H2,1H3;2-10H,11H2,1H3. The molecule has 78 heavy (non-hydrogen) atoms. The summed E-state index contributed by atoms with van der Waals surface area (Å²) < 4.78 is 51.0. The normalized spacial score (nSPS) is 10.8. The SMILES string of the molecule is COc1ccc(COc2cnc3oc(-c4ccc[n+]([O-])c4)nc3c2)[n+]([O-])c1.COc1ccc(COc2cnc3oc(-c4cccnc4)nc3c2)[n+]([O-])c1.COc1ccc(COc2cnc3oc(-c4cccnc4)nc3c2)nc1. The lowest BCUT2D eigenvalue weighted by molar-refractivity contribution is -0.616. The second-order valence-electron chi connectivity index (χ2n) is 16.3. The van der Waals surface area contributed by atoms with E-state index < -0.39 is 0 Å². The highest BCUT2D eigenvalue weighted by molar-refractivity contribution is 5.75. The topological polar surface area (TPSA) is 292 Å². The minimum Gasteiger partial charge on any atom is -0.619 e. The van der Waals surface area contributed by atoms with Crippen molar-refractivity contribution < 1.29 is 55.9 Å². The second-order valence-corrected chi connectivity index (χ2v) is 16.3. The van der Waals surface area contributed by atoms with Gasteiger partial charge in [-0.1, -0.05) is 0 Å². The average Bonchev–Trinajstić information content (AvgIpc) is 4.26. The van der Waals surface area contributed by atoms with Gasteiger partial charge in [0.2, 0.25) is 58.6 Å². The number of fused-ring (bicyclic) bond motifs is 3. The summed E-state index contributed by atoms with van der Waals surface area (Å²) in [6.07, 6.45) is 18.4. The Morgan fingerprint density at radius 1 is 0.436 bits per heavy atom. The van der Waals surface area contributed by atoms with Gasteiger partial charge in [-0.25, -0.2) is 29.9 Å². The fraction of sp³-hybridized carbons (Fsp3) is 0.111. The van der Waals surface area contributed by atoms with Gasteiger partial charge < -0.3 is 57.3 Å². The number of hydrogen-bond acceptors (Lipinski definition) is 21. The van der Waals surface area contributed by atoms with Crippen LogP contribution < -0.4 is 42.6 Å². The maximum Gasteiger partial charge on any atom is 0.247 e. The minimum atomic E-state index is 0.0558. The molecule has 0 bridgehead atoms. The van der Waals surface area contributed by atoms with Gasteiger partial charge in [0.15, 0.2) is 37.1 Å². The molecular weight excluding hydrogens is 1010 g/mol. The van der Waals surface area contributed by atoms with Gasteiger partial charge in [-0.3, -0.25) is 15.0 Å². The zero-order chi connectivity index (χ0) is 53.8. The third-order valence-corrected chi connectivity index (χ3v) is 11.1. The first-order valence-corrected chi connectivity index (χ1v) is 23.4. The monoisotopic (exact) mass is 1050 g/mol. The lowest BCUT2D eigenvalue weighted by Crippen LogP contribution is -2.32. The van der Waals surface area contributed by atoms with Crippen LogP contribution in [0.5, 0.6) is 34.5 Å². The van der Waals surface area contributed by atoms with Crippen LogP contribution in [0, 0.1) is 15.6 Å². The van der Waals surface area contributed by atoms with Crippen molar-refractivity contribution in [3.05, 3.63) is 198 Å². The largest absolute Gasteiger partial charge is 0.619 e. The third kappa shape index (κ3) is 12.3. The Labute approximate surface area is 441 Å². The van der Waals surface area contributed by atoms with Crippen molar-refractivity contribution in [2.24, 2.45) is 0 Å². The van der Waals surface area contributed by atoms with Gasteiger partial charge in [-0.2, -0.15) is 14.2 Å². The summed E-state index contributed by atoms with van der Waals surface area (Å²) in [7, 11) is 4.60. The molecule has 12 aromatic heterocycles. The lowest BCUT2D eigenvalue weighted by Gasteiger charge is -2.07. The molecule has 0 aliphatic rings. The number of hydrogen-bond donors (Lipinski definition) is 0. The minimum absolute atomic E-state index is 0.0558. The highest BCUT2D eigenvalue weighted by Crippen LogP contribution is 2.28. The Hall–Kier alpha value is -11.0. The van der Waals surface area contributed by atoms with Crippen LogP contribution in [-0.2, 0) is 19.8 Å². The van der Waals surface area contributed by atoms with E-state index in [2.05, 4.69) is 44.9 Å². The predicted molar refractivity (Wildman–Crippen MR) is 274 cm³/mol. The Balaban J connectivity index is 0.000000132. The van der Waals surface area contributed by atoms with E-state index in [9.17, 15) is 15.6 Å². The van der Waals surface area contributed by atoms with Crippen molar-refractivity contribution >= 4 is 33.7 Å². The van der Waals surface area contributed by atoms with E-state index >= 15 is 0 Å². The van der Waals surface area contributed by atoms with Crippen molar-refractivity contribution in [2.45, 2.75) is 19.8 Å². The van der Waals surface area contributed by atoms with E-state index in [0.29, 0.717) is 118 Å². The molecule has 0 N–H and O–H groups in total. The van der Waals surface area contributed by atoms with Crippen LogP contribution in [-0.4, -0.2) is 66.2 Å². The summed E-state index contributed by atoms with van der Waals surface area (Å²) >= 11 is 0. The summed E-state index contributed by atoms with van der Waals surface area (Å²) in [5, 5.41) is 35.2. The molecule has 12 heterocycles. The van der Waals surface area contributed by atoms with Gasteiger partial charge in [-0.05, 0) is 54.6 Å². The molecule has 0 aliphatic heterocycles. The molecule has 24 nitrogen and oxygen atoms in total. The van der Waals surface area contributed by atoms with Crippen LogP contribution in [0.4, 0.5) is 0 Å². The average molecular weight is 1050 g/mol. The summed E-state index contributed by atoms with van der Waals surface area (Å²) in [4.78, 5) is 38.2. The molecule has 0 unspecified atom stereocenters. The maximum atomic E-state index is 11.9. The van der Waals surface area contributed by atoms with Gasteiger partial charge in [-0.15, -0.1) is 0 Å². The van der Waals surface area contributed by atoms with Gasteiger partial charge in [0, 0.05) is 61.2 Å². The molecule has 0 saturated heterocycles. The number of pyridine rings is 9. The zero-order valence-electron chi connectivity index (χ0n) is 41.5. The number of methoxy groups -OCH3 is 3. The summed E-state index contributed by atoms with van der Waals surface area (Å²) in [6, 6.07) is 26.2. The third-order valence-electron chi connectivity index (χ3n) is 11.1. The van der Waals surface area contributed by atoms with Crippen molar-refractivity contribution in [1.82, 2.24) is 44.9 Å². The number of nitrogens with zero attached hydrogens (tertiary/aromatic N) is 12. The van der Waals surface area contributed by atoms with E-state index in [0.717, 1.165) is 16.8 Å². The van der Waals surface area contributed by atoms with E-state index in [1.165, 1.54) is 51.4 Å².